The zero-order chi connectivity index (χ0) is 28.7. The number of thioether (sulfide) groups is 1. The van der Waals surface area contributed by atoms with E-state index in [-0.39, 0.29) is 23.3 Å². The number of benzene rings is 2. The van der Waals surface area contributed by atoms with Gasteiger partial charge in [-0.05, 0) is 41.7 Å². The third kappa shape index (κ3) is 5.63. The Labute approximate surface area is 254 Å². The number of thiophene rings is 1. The van der Waals surface area contributed by atoms with Gasteiger partial charge in [0.1, 0.15) is 4.83 Å². The number of hydrogen-bond donors (Lipinski definition) is 1. The minimum Gasteiger partial charge on any atom is -0.372 e. The van der Waals surface area contributed by atoms with Gasteiger partial charge in [0.25, 0.3) is 5.56 Å². The molecule has 1 N–H and O–H groups in total. The molecule has 1 aliphatic heterocycles. The molecule has 41 heavy (non-hydrogen) atoms. The number of aromatic nitrogens is 4. The summed E-state index contributed by atoms with van der Waals surface area (Å²) in [7, 11) is 0. The van der Waals surface area contributed by atoms with Crippen molar-refractivity contribution in [3.63, 3.8) is 0 Å². The second kappa shape index (κ2) is 11.8. The van der Waals surface area contributed by atoms with Crippen LogP contribution in [0.5, 0.6) is 0 Å². The first kappa shape index (κ1) is 28.2. The highest BCUT2D eigenvalue weighted by atomic mass is 35.5. The number of anilines is 1. The highest BCUT2D eigenvalue weighted by Gasteiger charge is 2.30. The maximum Gasteiger partial charge on any atom is 0.263 e. The van der Waals surface area contributed by atoms with Gasteiger partial charge in [0.05, 0.1) is 34.6 Å². The smallest absolute Gasteiger partial charge is 0.263 e. The number of fused-ring (bicyclic) bond motifs is 5. The molecule has 4 heterocycles. The fourth-order valence-electron chi connectivity index (χ4n) is 5.01. The number of carbonyl (C=O) groups excluding carboxylic acids is 1. The number of amides is 1. The molecule has 1 unspecified atom stereocenters. The molecule has 6 rings (SSSR count). The molecule has 0 saturated carbocycles. The fourth-order valence-corrected chi connectivity index (χ4v) is 7.50. The topological polar surface area (TPSA) is 90.5 Å². The minimum atomic E-state index is -0.247. The third-order valence-corrected chi connectivity index (χ3v) is 9.84. The summed E-state index contributed by atoms with van der Waals surface area (Å²) >= 11 is 15.0. The molecule has 0 saturated heterocycles. The molecule has 0 bridgehead atoms. The summed E-state index contributed by atoms with van der Waals surface area (Å²) in [6.45, 7) is 5.20. The summed E-state index contributed by atoms with van der Waals surface area (Å²) in [6.07, 6.45) is 1.40. The van der Waals surface area contributed by atoms with E-state index in [1.54, 1.807) is 34.1 Å². The lowest BCUT2D eigenvalue weighted by Crippen LogP contribution is -2.29. The van der Waals surface area contributed by atoms with Crippen molar-refractivity contribution in [1.29, 1.82) is 0 Å². The Morgan fingerprint density at radius 1 is 1.20 bits per heavy atom. The molecular formula is C29H27Cl2N5O3S2. The van der Waals surface area contributed by atoms with Crippen molar-refractivity contribution in [1.82, 2.24) is 19.2 Å². The number of ether oxygens (including phenoxy) is 1. The zero-order valence-electron chi connectivity index (χ0n) is 22.4. The van der Waals surface area contributed by atoms with Gasteiger partial charge in [-0.3, -0.25) is 14.2 Å². The molecule has 12 heteroatoms. The van der Waals surface area contributed by atoms with E-state index in [1.165, 1.54) is 11.8 Å². The van der Waals surface area contributed by atoms with Gasteiger partial charge in [-0.1, -0.05) is 79.1 Å². The van der Waals surface area contributed by atoms with E-state index in [0.717, 1.165) is 20.8 Å². The molecule has 0 aliphatic carbocycles. The van der Waals surface area contributed by atoms with Crippen LogP contribution in [0.1, 0.15) is 29.9 Å². The molecule has 0 fully saturated rings. The number of carbonyl (C=O) groups is 1. The van der Waals surface area contributed by atoms with Crippen LogP contribution >= 0.6 is 46.3 Å². The predicted molar refractivity (Wildman–Crippen MR) is 166 cm³/mol. The predicted octanol–water partition coefficient (Wildman–Crippen LogP) is 6.48. The van der Waals surface area contributed by atoms with Gasteiger partial charge >= 0.3 is 0 Å². The van der Waals surface area contributed by atoms with E-state index < -0.39 is 0 Å². The van der Waals surface area contributed by atoms with Crippen LogP contribution in [0.3, 0.4) is 0 Å². The fraction of sp³-hybridized carbons (Fsp3) is 0.310. The van der Waals surface area contributed by atoms with Crippen LogP contribution < -0.4 is 10.9 Å². The Balaban J connectivity index is 1.38. The molecule has 0 radical (unpaired) electrons. The summed E-state index contributed by atoms with van der Waals surface area (Å²) in [4.78, 5) is 28.7. The summed E-state index contributed by atoms with van der Waals surface area (Å²) in [5.74, 6) is 0.620. The second-order valence-corrected chi connectivity index (χ2v) is 13.1. The quantitative estimate of drug-likeness (QED) is 0.198. The van der Waals surface area contributed by atoms with Gasteiger partial charge in [0.15, 0.2) is 5.16 Å². The average molecular weight is 629 g/mol. The molecule has 1 amide bonds. The lowest BCUT2D eigenvalue weighted by atomic mass is 9.96. The van der Waals surface area contributed by atoms with E-state index in [1.807, 2.05) is 22.6 Å². The van der Waals surface area contributed by atoms with Gasteiger partial charge in [-0.25, -0.2) is 4.40 Å². The van der Waals surface area contributed by atoms with Gasteiger partial charge in [-0.15, -0.1) is 21.5 Å². The van der Waals surface area contributed by atoms with Crippen LogP contribution in [0, 0.1) is 5.92 Å². The number of halogens is 2. The van der Waals surface area contributed by atoms with Crippen molar-refractivity contribution in [2.45, 2.75) is 51.1 Å². The monoisotopic (exact) mass is 627 g/mol. The number of aryl methyl sites for hydroxylation is 2. The minimum absolute atomic E-state index is 0.0475. The molecule has 0 spiro atoms. The van der Waals surface area contributed by atoms with E-state index in [9.17, 15) is 9.59 Å². The molecule has 1 aliphatic rings. The summed E-state index contributed by atoms with van der Waals surface area (Å²) in [6, 6.07) is 15.0. The SMILES string of the molecule is CC(C)C1Cc2c(sc3c2c(=O)n(CCc2ccccc2)c2nnc(SCC(=O)Nc4ccc(Cl)cc4Cl)n32)CO1. The van der Waals surface area contributed by atoms with Gasteiger partial charge in [0, 0.05) is 22.9 Å². The molecule has 8 nitrogen and oxygen atoms in total. The normalized spacial score (nSPS) is 15.1. The number of nitrogens with zero attached hydrogens (tertiary/aromatic N) is 4. The van der Waals surface area contributed by atoms with Crippen molar-refractivity contribution in [3.05, 3.63) is 84.9 Å². The van der Waals surface area contributed by atoms with E-state index >= 15 is 0 Å². The van der Waals surface area contributed by atoms with Gasteiger partial charge in [-0.2, -0.15) is 0 Å². The molecular weight excluding hydrogens is 601 g/mol. The maximum absolute atomic E-state index is 14.1. The first-order chi connectivity index (χ1) is 19.8. The van der Waals surface area contributed by atoms with Crippen molar-refractivity contribution in [2.75, 3.05) is 11.1 Å². The summed E-state index contributed by atoms with van der Waals surface area (Å²) in [5, 5.41) is 13.8. The number of rotatable bonds is 8. The van der Waals surface area contributed by atoms with Crippen LogP contribution in [-0.2, 0) is 35.5 Å². The highest BCUT2D eigenvalue weighted by Crippen LogP contribution is 2.37. The Bertz CT molecular complexity index is 1820. The summed E-state index contributed by atoms with van der Waals surface area (Å²) in [5.41, 5.74) is 2.60. The van der Waals surface area contributed by atoms with Crippen LogP contribution in [0.4, 0.5) is 5.69 Å². The van der Waals surface area contributed by atoms with E-state index in [4.69, 9.17) is 27.9 Å². The van der Waals surface area contributed by atoms with Crippen molar-refractivity contribution in [3.8, 4) is 0 Å². The van der Waals surface area contributed by atoms with Gasteiger partial charge < -0.3 is 10.1 Å². The van der Waals surface area contributed by atoms with Crippen molar-refractivity contribution >= 4 is 73.9 Å². The van der Waals surface area contributed by atoms with Gasteiger partial charge in [0.2, 0.25) is 11.7 Å². The Hall–Kier alpha value is -2.89. The van der Waals surface area contributed by atoms with Crippen molar-refractivity contribution in [2.24, 2.45) is 5.92 Å². The molecule has 1 atom stereocenters. The van der Waals surface area contributed by atoms with Crippen LogP contribution in [0.25, 0.3) is 16.0 Å². The maximum atomic E-state index is 14.1. The van der Waals surface area contributed by atoms with E-state index in [0.29, 0.717) is 64.0 Å². The molecule has 2 aromatic carbocycles. The first-order valence-corrected chi connectivity index (χ1v) is 15.8. The van der Waals surface area contributed by atoms with E-state index in [2.05, 4.69) is 41.5 Å². The second-order valence-electron chi connectivity index (χ2n) is 10.3. The zero-order valence-corrected chi connectivity index (χ0v) is 25.5. The molecule has 212 valence electrons. The number of nitrogens with one attached hydrogen (secondary N) is 1. The highest BCUT2D eigenvalue weighted by molar-refractivity contribution is 7.99. The van der Waals surface area contributed by atoms with Crippen LogP contribution in [-0.4, -0.2) is 36.9 Å². The Kier molecular flexibility index (Phi) is 8.11. The standard InChI is InChI=1S/C29H27Cl2N5O3S2/c1-16(2)22-13-19-23(14-39-22)41-27-25(19)26(38)35(11-10-17-6-4-3-5-7-17)28-33-34-29(36(27)28)40-15-24(37)32-21-9-8-18(30)12-20(21)31/h3-9,12,16,22H,10-11,13-15H2,1-2H3,(H,32,37). The Morgan fingerprint density at radius 3 is 2.76 bits per heavy atom. The molecule has 5 aromatic rings. The Morgan fingerprint density at radius 2 is 2.00 bits per heavy atom. The lowest BCUT2D eigenvalue weighted by molar-refractivity contribution is -0.113. The van der Waals surface area contributed by atoms with Crippen molar-refractivity contribution < 1.29 is 9.53 Å². The number of hydrogen-bond acceptors (Lipinski definition) is 7. The summed E-state index contributed by atoms with van der Waals surface area (Å²) < 4.78 is 9.77. The third-order valence-electron chi connectivity index (χ3n) is 7.17. The van der Waals surface area contributed by atoms with Crippen LogP contribution in [0.15, 0.2) is 58.5 Å². The van der Waals surface area contributed by atoms with Crippen LogP contribution in [0.2, 0.25) is 10.0 Å². The average Bonchev–Trinajstić information content (AvgIpc) is 3.55. The lowest BCUT2D eigenvalue weighted by Gasteiger charge is -2.26. The largest absolute Gasteiger partial charge is 0.372 e. The molecule has 3 aromatic heterocycles. The first-order valence-electron chi connectivity index (χ1n) is 13.3.